The highest BCUT2D eigenvalue weighted by Crippen LogP contribution is 2.27. The molecule has 1 aliphatic rings. The van der Waals surface area contributed by atoms with E-state index in [0.29, 0.717) is 6.61 Å². The number of aliphatic hydroxyl groups is 1. The zero-order chi connectivity index (χ0) is 18.4. The van der Waals surface area contributed by atoms with Gasteiger partial charge in [-0.15, -0.1) is 0 Å². The molecule has 1 fully saturated rings. The highest BCUT2D eigenvalue weighted by molar-refractivity contribution is 6.33. The smallest absolute Gasteiger partial charge is 0.151 e. The van der Waals surface area contributed by atoms with E-state index in [1.807, 2.05) is 18.2 Å². The number of benzene rings is 2. The van der Waals surface area contributed by atoms with Gasteiger partial charge >= 0.3 is 0 Å². The van der Waals surface area contributed by atoms with Crippen LogP contribution in [0.1, 0.15) is 12.5 Å². The van der Waals surface area contributed by atoms with Crippen molar-refractivity contribution >= 4 is 11.6 Å². The summed E-state index contributed by atoms with van der Waals surface area (Å²) in [5.41, 5.74) is 3.56. The molecule has 0 radical (unpaired) electrons. The molecule has 2 aromatic carbocycles. The van der Waals surface area contributed by atoms with Crippen LogP contribution in [0.25, 0.3) is 11.1 Å². The monoisotopic (exact) mass is 374 g/mol. The van der Waals surface area contributed by atoms with Crippen LogP contribution >= 0.6 is 11.6 Å². The second-order valence-electron chi connectivity index (χ2n) is 6.76. The molecule has 0 aromatic heterocycles. The van der Waals surface area contributed by atoms with E-state index < -0.39 is 6.29 Å². The van der Waals surface area contributed by atoms with Crippen LogP contribution in [0.15, 0.2) is 48.5 Å². The van der Waals surface area contributed by atoms with Crippen molar-refractivity contribution in [2.45, 2.75) is 19.8 Å². The molecule has 0 spiro atoms. The van der Waals surface area contributed by atoms with E-state index in [9.17, 15) is 0 Å². The fourth-order valence-corrected chi connectivity index (χ4v) is 3.51. The van der Waals surface area contributed by atoms with Gasteiger partial charge in [-0.2, -0.15) is 0 Å². The van der Waals surface area contributed by atoms with Gasteiger partial charge in [0.15, 0.2) is 6.29 Å². The average molecular weight is 375 g/mol. The Morgan fingerprint density at radius 2 is 1.65 bits per heavy atom. The van der Waals surface area contributed by atoms with E-state index in [-0.39, 0.29) is 0 Å². The molecule has 2 aromatic rings. The first kappa shape index (κ1) is 19.3. The lowest BCUT2D eigenvalue weighted by atomic mass is 10.0. The fourth-order valence-electron chi connectivity index (χ4n) is 3.27. The van der Waals surface area contributed by atoms with Crippen molar-refractivity contribution in [1.82, 2.24) is 9.80 Å². The SMILES string of the molecule is CC(O)OCCN1CCN(Cc2ccc(-c3ccccc3Cl)cc2)CC1. The normalized spacial score (nSPS) is 17.3. The third-order valence-corrected chi connectivity index (χ3v) is 5.11. The quantitative estimate of drug-likeness (QED) is 0.753. The Morgan fingerprint density at radius 1 is 1.00 bits per heavy atom. The Kier molecular flexibility index (Phi) is 7.06. The Morgan fingerprint density at radius 3 is 2.31 bits per heavy atom. The molecule has 5 heteroatoms. The summed E-state index contributed by atoms with van der Waals surface area (Å²) in [5.74, 6) is 0. The Bertz CT molecular complexity index is 683. The number of rotatable bonds is 7. The molecular weight excluding hydrogens is 348 g/mol. The number of halogens is 1. The molecule has 1 heterocycles. The lowest BCUT2D eigenvalue weighted by Crippen LogP contribution is -2.46. The van der Waals surface area contributed by atoms with Gasteiger partial charge < -0.3 is 9.84 Å². The lowest BCUT2D eigenvalue weighted by Gasteiger charge is -2.34. The zero-order valence-corrected chi connectivity index (χ0v) is 16.0. The second-order valence-corrected chi connectivity index (χ2v) is 7.17. The second kappa shape index (κ2) is 9.49. The van der Waals surface area contributed by atoms with Crippen LogP contribution < -0.4 is 0 Å². The Balaban J connectivity index is 1.48. The minimum absolute atomic E-state index is 0.584. The summed E-state index contributed by atoms with van der Waals surface area (Å²) in [7, 11) is 0. The molecule has 0 aliphatic carbocycles. The molecule has 0 amide bonds. The first-order valence-electron chi connectivity index (χ1n) is 9.20. The van der Waals surface area contributed by atoms with Crippen molar-refractivity contribution in [1.29, 1.82) is 0 Å². The van der Waals surface area contributed by atoms with Crippen LogP contribution in [-0.2, 0) is 11.3 Å². The minimum atomic E-state index is -0.676. The number of hydrogen-bond donors (Lipinski definition) is 1. The average Bonchev–Trinajstić information content (AvgIpc) is 2.64. The van der Waals surface area contributed by atoms with Crippen molar-refractivity contribution < 1.29 is 9.84 Å². The predicted molar refractivity (Wildman–Crippen MR) is 106 cm³/mol. The van der Waals surface area contributed by atoms with Crippen molar-refractivity contribution in [2.24, 2.45) is 0 Å². The maximum atomic E-state index is 9.14. The highest BCUT2D eigenvalue weighted by atomic mass is 35.5. The third kappa shape index (κ3) is 5.53. The summed E-state index contributed by atoms with van der Waals surface area (Å²) in [6.07, 6.45) is -0.676. The molecule has 1 atom stereocenters. The topological polar surface area (TPSA) is 35.9 Å². The molecule has 0 saturated carbocycles. The van der Waals surface area contributed by atoms with E-state index in [1.54, 1.807) is 6.92 Å². The number of nitrogens with zero attached hydrogens (tertiary/aromatic N) is 2. The number of piperazine rings is 1. The fraction of sp³-hybridized carbons (Fsp3) is 0.429. The van der Waals surface area contributed by atoms with Gasteiger partial charge in [-0.3, -0.25) is 9.80 Å². The molecule has 140 valence electrons. The van der Waals surface area contributed by atoms with Crippen LogP contribution in [0.5, 0.6) is 0 Å². The van der Waals surface area contributed by atoms with Crippen LogP contribution in [-0.4, -0.2) is 60.5 Å². The first-order valence-corrected chi connectivity index (χ1v) is 9.58. The van der Waals surface area contributed by atoms with Gasteiger partial charge in [-0.1, -0.05) is 54.1 Å². The predicted octanol–water partition coefficient (Wildman–Crippen LogP) is 3.48. The largest absolute Gasteiger partial charge is 0.368 e. The van der Waals surface area contributed by atoms with E-state index in [4.69, 9.17) is 21.4 Å². The van der Waals surface area contributed by atoms with Crippen LogP contribution in [0.2, 0.25) is 5.02 Å². The van der Waals surface area contributed by atoms with Gasteiger partial charge in [-0.25, -0.2) is 0 Å². The van der Waals surface area contributed by atoms with Gasteiger partial charge in [0, 0.05) is 49.9 Å². The highest BCUT2D eigenvalue weighted by Gasteiger charge is 2.17. The Hall–Kier alpha value is -1.43. The number of ether oxygens (including phenoxy) is 1. The maximum Gasteiger partial charge on any atom is 0.151 e. The summed E-state index contributed by atoms with van der Waals surface area (Å²) >= 11 is 6.29. The number of aliphatic hydroxyl groups excluding tert-OH is 1. The zero-order valence-electron chi connectivity index (χ0n) is 15.3. The summed E-state index contributed by atoms with van der Waals surface area (Å²) in [5, 5.41) is 9.93. The van der Waals surface area contributed by atoms with Gasteiger partial charge in [-0.05, 0) is 24.1 Å². The van der Waals surface area contributed by atoms with Gasteiger partial charge in [0.2, 0.25) is 0 Å². The molecule has 26 heavy (non-hydrogen) atoms. The van der Waals surface area contributed by atoms with Gasteiger partial charge in [0.25, 0.3) is 0 Å². The molecule has 3 rings (SSSR count). The first-order chi connectivity index (χ1) is 12.6. The van der Waals surface area contributed by atoms with E-state index in [1.165, 1.54) is 5.56 Å². The summed E-state index contributed by atoms with van der Waals surface area (Å²) in [4.78, 5) is 4.87. The van der Waals surface area contributed by atoms with E-state index in [0.717, 1.165) is 55.4 Å². The summed E-state index contributed by atoms with van der Waals surface area (Å²) in [6.45, 7) is 8.28. The summed E-state index contributed by atoms with van der Waals surface area (Å²) < 4.78 is 5.21. The van der Waals surface area contributed by atoms with Crippen LogP contribution in [0.3, 0.4) is 0 Å². The van der Waals surface area contributed by atoms with Crippen molar-refractivity contribution in [3.8, 4) is 11.1 Å². The van der Waals surface area contributed by atoms with Gasteiger partial charge in [0.1, 0.15) is 0 Å². The Labute approximate surface area is 160 Å². The molecule has 1 aliphatic heterocycles. The molecule has 0 bridgehead atoms. The van der Waals surface area contributed by atoms with Crippen LogP contribution in [0, 0.1) is 0 Å². The van der Waals surface area contributed by atoms with Crippen molar-refractivity contribution in [3.63, 3.8) is 0 Å². The standard InChI is InChI=1S/C21H27ClN2O2/c1-17(25)26-15-14-23-10-12-24(13-11-23)16-18-6-8-19(9-7-18)20-4-2-3-5-21(20)22/h2-9,17,25H,10-16H2,1H3. The summed E-state index contributed by atoms with van der Waals surface area (Å²) in [6, 6.07) is 16.6. The molecule has 1 N–H and O–H groups in total. The molecule has 1 unspecified atom stereocenters. The van der Waals surface area contributed by atoms with E-state index >= 15 is 0 Å². The maximum absolute atomic E-state index is 9.14. The number of hydrogen-bond acceptors (Lipinski definition) is 4. The minimum Gasteiger partial charge on any atom is -0.368 e. The van der Waals surface area contributed by atoms with Crippen LogP contribution in [0.4, 0.5) is 0 Å². The molecular formula is C21H27ClN2O2. The van der Waals surface area contributed by atoms with E-state index in [2.05, 4.69) is 40.1 Å². The van der Waals surface area contributed by atoms with Crippen molar-refractivity contribution in [2.75, 3.05) is 39.3 Å². The van der Waals surface area contributed by atoms with Gasteiger partial charge in [0.05, 0.1) is 6.61 Å². The third-order valence-electron chi connectivity index (χ3n) is 4.78. The molecule has 4 nitrogen and oxygen atoms in total. The molecule has 1 saturated heterocycles. The lowest BCUT2D eigenvalue weighted by molar-refractivity contribution is -0.0907. The van der Waals surface area contributed by atoms with Crippen molar-refractivity contribution in [3.05, 3.63) is 59.1 Å².